The first-order valence-electron chi connectivity index (χ1n) is 14.1. The van der Waals surface area contributed by atoms with Gasteiger partial charge in [-0.1, -0.05) is 51.1 Å². The molecule has 7 heteroatoms. The molecular formula is C32H41N3O3S. The number of hydrogen-bond donors (Lipinski definition) is 3. The first-order chi connectivity index (χ1) is 18.6. The van der Waals surface area contributed by atoms with Crippen molar-refractivity contribution in [3.63, 3.8) is 0 Å². The van der Waals surface area contributed by atoms with Crippen LogP contribution in [0.25, 0.3) is 10.6 Å². The fourth-order valence-corrected chi connectivity index (χ4v) is 6.54. The predicted molar refractivity (Wildman–Crippen MR) is 157 cm³/mol. The number of ether oxygens (including phenoxy) is 1. The Balaban J connectivity index is 1.31. The van der Waals surface area contributed by atoms with Crippen molar-refractivity contribution in [3.8, 4) is 16.3 Å². The molecule has 1 saturated carbocycles. The minimum Gasteiger partial charge on any atom is -0.487 e. The molecule has 1 aliphatic heterocycles. The summed E-state index contributed by atoms with van der Waals surface area (Å²) in [7, 11) is 0. The molecule has 1 spiro atoms. The normalized spacial score (nSPS) is 19.5. The van der Waals surface area contributed by atoms with E-state index in [1.54, 1.807) is 17.5 Å². The van der Waals surface area contributed by atoms with Crippen molar-refractivity contribution in [3.05, 3.63) is 70.7 Å². The van der Waals surface area contributed by atoms with E-state index in [1.165, 1.54) is 24.5 Å². The van der Waals surface area contributed by atoms with Gasteiger partial charge in [0, 0.05) is 48.6 Å². The first-order valence-corrected chi connectivity index (χ1v) is 15.0. The summed E-state index contributed by atoms with van der Waals surface area (Å²) in [5.74, 6) is 0.815. The number of benzene rings is 2. The van der Waals surface area contributed by atoms with Crippen LogP contribution in [0, 0.1) is 5.41 Å². The maximum Gasteiger partial charge on any atom is 0.217 e. The predicted octanol–water partition coefficient (Wildman–Crippen LogP) is 5.84. The molecule has 39 heavy (non-hydrogen) atoms. The number of amides is 1. The van der Waals surface area contributed by atoms with Crippen molar-refractivity contribution in [1.82, 2.24) is 15.6 Å². The van der Waals surface area contributed by atoms with Crippen LogP contribution < -0.4 is 15.4 Å². The molecule has 1 amide bonds. The Labute approximate surface area is 236 Å². The Morgan fingerprint density at radius 2 is 2.03 bits per heavy atom. The Morgan fingerprint density at radius 1 is 1.21 bits per heavy atom. The molecule has 1 fully saturated rings. The summed E-state index contributed by atoms with van der Waals surface area (Å²) in [5.41, 5.74) is 4.67. The van der Waals surface area contributed by atoms with Crippen molar-refractivity contribution in [1.29, 1.82) is 0 Å². The average Bonchev–Trinajstić information content (AvgIpc) is 3.40. The molecule has 1 unspecified atom stereocenters. The minimum absolute atomic E-state index is 0.0924. The third kappa shape index (κ3) is 6.89. The highest BCUT2D eigenvalue weighted by atomic mass is 32.1. The molecule has 3 aromatic rings. The van der Waals surface area contributed by atoms with Gasteiger partial charge in [-0.05, 0) is 60.8 Å². The van der Waals surface area contributed by atoms with E-state index in [0.29, 0.717) is 13.0 Å². The fraction of sp³-hybridized carbons (Fsp3) is 0.500. The van der Waals surface area contributed by atoms with Crippen LogP contribution in [-0.4, -0.2) is 40.3 Å². The highest BCUT2D eigenvalue weighted by Crippen LogP contribution is 2.49. The highest BCUT2D eigenvalue weighted by molar-refractivity contribution is 7.13. The third-order valence-corrected chi connectivity index (χ3v) is 8.66. The summed E-state index contributed by atoms with van der Waals surface area (Å²) >= 11 is 1.60. The molecule has 0 saturated heterocycles. The molecule has 208 valence electrons. The highest BCUT2D eigenvalue weighted by Gasteiger charge is 2.45. The lowest BCUT2D eigenvalue weighted by Gasteiger charge is -2.48. The van der Waals surface area contributed by atoms with Crippen LogP contribution in [0.3, 0.4) is 0 Å². The number of fused-ring (bicyclic) bond motifs is 1. The molecule has 2 aliphatic rings. The van der Waals surface area contributed by atoms with Gasteiger partial charge in [0.1, 0.15) is 16.4 Å². The van der Waals surface area contributed by atoms with E-state index in [-0.39, 0.29) is 23.0 Å². The van der Waals surface area contributed by atoms with Crippen molar-refractivity contribution >= 4 is 17.2 Å². The number of nitrogens with one attached hydrogen (secondary N) is 2. The van der Waals surface area contributed by atoms with E-state index in [9.17, 15) is 9.90 Å². The number of aromatic nitrogens is 1. The Morgan fingerprint density at radius 3 is 2.69 bits per heavy atom. The lowest BCUT2D eigenvalue weighted by Crippen LogP contribution is -2.52. The van der Waals surface area contributed by atoms with E-state index < -0.39 is 12.1 Å². The zero-order valence-corrected chi connectivity index (χ0v) is 24.3. The number of carbonyl (C=O) groups excluding carboxylic acids is 1. The topological polar surface area (TPSA) is 83.5 Å². The molecule has 2 aromatic carbocycles. The van der Waals surface area contributed by atoms with Gasteiger partial charge in [-0.2, -0.15) is 0 Å². The molecule has 3 atom stereocenters. The van der Waals surface area contributed by atoms with Crippen molar-refractivity contribution in [2.24, 2.45) is 5.41 Å². The van der Waals surface area contributed by atoms with Crippen LogP contribution in [0.1, 0.15) is 76.1 Å². The maximum atomic E-state index is 12.1. The van der Waals surface area contributed by atoms with Gasteiger partial charge >= 0.3 is 0 Å². The number of hydrogen-bond acceptors (Lipinski definition) is 6. The summed E-state index contributed by atoms with van der Waals surface area (Å²) in [6.45, 7) is 8.65. The van der Waals surface area contributed by atoms with Gasteiger partial charge in [0.05, 0.1) is 12.1 Å². The maximum absolute atomic E-state index is 12.1. The van der Waals surface area contributed by atoms with Crippen LogP contribution in [0.2, 0.25) is 0 Å². The first kappa shape index (κ1) is 27.8. The Bertz CT molecular complexity index is 1280. The quantitative estimate of drug-likeness (QED) is 0.313. The standard InChI is InChI=1S/C32H41N3O3S/c1-21(36)35-26(17-22-7-5-8-24(15-22)30-33-13-14-39-30)28(37)20-34-27-19-32(11-6-12-32)38-29-10-9-23(16-25(27)29)18-31(2,3)4/h5,7-10,13-16,26-28,34,37H,6,11-12,17-20H2,1-4H3,(H,35,36)/t26?,27-,28+/m0/s1. The number of nitrogens with zero attached hydrogens (tertiary/aromatic N) is 1. The second kappa shape index (κ2) is 11.4. The van der Waals surface area contributed by atoms with E-state index in [2.05, 4.69) is 60.7 Å². The van der Waals surface area contributed by atoms with Gasteiger partial charge in [-0.25, -0.2) is 4.98 Å². The molecule has 3 N–H and O–H groups in total. The molecule has 1 aliphatic carbocycles. The van der Waals surface area contributed by atoms with E-state index in [1.807, 2.05) is 23.6 Å². The van der Waals surface area contributed by atoms with Crippen molar-refractivity contribution in [2.75, 3.05) is 6.54 Å². The smallest absolute Gasteiger partial charge is 0.217 e. The monoisotopic (exact) mass is 547 g/mol. The van der Waals surface area contributed by atoms with Gasteiger partial charge in [-0.15, -0.1) is 11.3 Å². The Kier molecular flexibility index (Phi) is 8.13. The Hall–Kier alpha value is -2.74. The average molecular weight is 548 g/mol. The van der Waals surface area contributed by atoms with Crippen LogP contribution in [-0.2, 0) is 17.6 Å². The van der Waals surface area contributed by atoms with Gasteiger partial charge in [-0.3, -0.25) is 4.79 Å². The number of carbonyl (C=O) groups is 1. The molecule has 2 heterocycles. The molecule has 5 rings (SSSR count). The van der Waals surface area contributed by atoms with Crippen LogP contribution >= 0.6 is 11.3 Å². The summed E-state index contributed by atoms with van der Waals surface area (Å²) in [6.07, 6.45) is 6.80. The lowest BCUT2D eigenvalue weighted by atomic mass is 9.72. The largest absolute Gasteiger partial charge is 0.487 e. The van der Waals surface area contributed by atoms with Gasteiger partial charge in [0.15, 0.2) is 0 Å². The second-order valence-corrected chi connectivity index (χ2v) is 13.4. The van der Waals surface area contributed by atoms with Crippen LogP contribution in [0.15, 0.2) is 54.0 Å². The van der Waals surface area contributed by atoms with Crippen molar-refractivity contribution in [2.45, 2.75) is 90.0 Å². The summed E-state index contributed by atoms with van der Waals surface area (Å²) in [5, 5.41) is 20.9. The minimum atomic E-state index is -0.751. The summed E-state index contributed by atoms with van der Waals surface area (Å²) < 4.78 is 6.53. The molecule has 1 aromatic heterocycles. The lowest BCUT2D eigenvalue weighted by molar-refractivity contribution is -0.120. The molecular weight excluding hydrogens is 506 g/mol. The zero-order chi connectivity index (χ0) is 27.6. The van der Waals surface area contributed by atoms with Crippen LogP contribution in [0.4, 0.5) is 0 Å². The van der Waals surface area contributed by atoms with Crippen molar-refractivity contribution < 1.29 is 14.6 Å². The summed E-state index contributed by atoms with van der Waals surface area (Å²) in [6, 6.07) is 14.5. The molecule has 0 radical (unpaired) electrons. The molecule has 6 nitrogen and oxygen atoms in total. The van der Waals surface area contributed by atoms with E-state index in [4.69, 9.17) is 4.74 Å². The fourth-order valence-electron chi connectivity index (χ4n) is 5.90. The number of thiazole rings is 1. The number of aliphatic hydroxyl groups is 1. The summed E-state index contributed by atoms with van der Waals surface area (Å²) in [4.78, 5) is 16.5. The van der Waals surface area contributed by atoms with Gasteiger partial charge in [0.25, 0.3) is 0 Å². The number of rotatable bonds is 9. The SMILES string of the molecule is CC(=O)NC(Cc1cccc(-c2nccs2)c1)[C@H](O)CN[C@H]1CC2(CCC2)Oc2ccc(CC(C)(C)C)cc21. The van der Waals surface area contributed by atoms with E-state index in [0.717, 1.165) is 47.6 Å². The zero-order valence-electron chi connectivity index (χ0n) is 23.5. The molecule has 0 bridgehead atoms. The second-order valence-electron chi connectivity index (χ2n) is 12.5. The van der Waals surface area contributed by atoms with Crippen LogP contribution in [0.5, 0.6) is 5.75 Å². The number of aliphatic hydroxyl groups excluding tert-OH is 1. The van der Waals surface area contributed by atoms with Gasteiger partial charge < -0.3 is 20.5 Å². The third-order valence-electron chi connectivity index (χ3n) is 7.84. The van der Waals surface area contributed by atoms with Gasteiger partial charge in [0.2, 0.25) is 5.91 Å². The van der Waals surface area contributed by atoms with E-state index >= 15 is 0 Å².